The van der Waals surface area contributed by atoms with Crippen LogP contribution in [0.5, 0.6) is 0 Å². The zero-order valence-corrected chi connectivity index (χ0v) is 52.4. The molecule has 4 aliphatic rings. The average Bonchev–Trinajstić information content (AvgIpc) is 1.57. The van der Waals surface area contributed by atoms with Gasteiger partial charge < -0.3 is 58.2 Å². The van der Waals surface area contributed by atoms with Crippen molar-refractivity contribution in [2.45, 2.75) is 172 Å². The molecule has 3 fully saturated rings. The lowest BCUT2D eigenvalue weighted by molar-refractivity contribution is -0.153. The Morgan fingerprint density at radius 3 is 2.09 bits per heavy atom. The highest BCUT2D eigenvalue weighted by Gasteiger charge is 2.64. The number of nitrogens with one attached hydrogen (secondary N) is 9. The summed E-state index contributed by atoms with van der Waals surface area (Å²) in [6.07, 6.45) is 16.9. The predicted octanol–water partition coefficient (Wildman–Crippen LogP) is 4.52. The Labute approximate surface area is 515 Å². The number of carbonyl (C=O) groups is 6. The molecule has 0 aliphatic heterocycles. The Bertz CT molecular complexity index is 2810. The SMILES string of the molecule is CC[O+](CCNC(=O)CC[C@H](NC(=O)[C@H](N)CC1CCCCC1)C(=O)NCc1ccc(C(=N)N)cc1)CCOC(C)CCNC(=O)C[C@@H](C)C(NC(=O)C1(NS(=O)(=O)Cc2ccccc2)CC1C1CCCCC1)C(=O)NCC1=CC(C)C(C(=N)N)C=C1. The van der Waals surface area contributed by atoms with E-state index in [9.17, 15) is 37.2 Å². The Kier molecular flexibility index (Phi) is 27.4. The third-order valence-corrected chi connectivity index (χ3v) is 19.0. The van der Waals surface area contributed by atoms with Crippen LogP contribution in [0.25, 0.3) is 0 Å². The maximum absolute atomic E-state index is 14.7. The largest absolute Gasteiger partial charge is 0.419 e. The van der Waals surface area contributed by atoms with E-state index >= 15 is 0 Å². The van der Waals surface area contributed by atoms with Gasteiger partial charge in [-0.25, -0.2) is 8.42 Å². The van der Waals surface area contributed by atoms with E-state index in [0.717, 1.165) is 68.9 Å². The van der Waals surface area contributed by atoms with Gasteiger partial charge in [-0.2, -0.15) is 4.72 Å². The van der Waals surface area contributed by atoms with Gasteiger partial charge in [0.15, 0.2) is 13.2 Å². The van der Waals surface area contributed by atoms with Gasteiger partial charge in [0.25, 0.3) is 0 Å². The normalized spacial score (nSPS) is 21.4. The fourth-order valence-corrected chi connectivity index (χ4v) is 13.9. The number of benzene rings is 2. The zero-order valence-electron chi connectivity index (χ0n) is 51.6. The van der Waals surface area contributed by atoms with Crippen molar-refractivity contribution in [3.63, 3.8) is 0 Å². The van der Waals surface area contributed by atoms with Crippen molar-refractivity contribution in [2.75, 3.05) is 46.1 Å². The fourth-order valence-electron chi connectivity index (χ4n) is 12.4. The smallest absolute Gasteiger partial charge is 0.243 e. The molecule has 22 nitrogen and oxygen atoms in total. The quantitative estimate of drug-likeness (QED) is 0.0255. The number of amides is 6. The van der Waals surface area contributed by atoms with E-state index in [0.29, 0.717) is 69.3 Å². The summed E-state index contributed by atoms with van der Waals surface area (Å²) in [4.78, 5) is 82.6. The van der Waals surface area contributed by atoms with E-state index in [1.54, 1.807) is 61.5 Å². The Morgan fingerprint density at radius 2 is 1.44 bits per heavy atom. The number of amidine groups is 2. The molecule has 2 aromatic rings. The molecule has 6 rings (SSSR count). The van der Waals surface area contributed by atoms with E-state index < -0.39 is 63.2 Å². The zero-order chi connectivity index (χ0) is 63.1. The molecular formula is C64H99N12O10S+. The molecule has 6 amide bonds. The predicted molar refractivity (Wildman–Crippen MR) is 337 cm³/mol. The van der Waals surface area contributed by atoms with Crippen LogP contribution in [0.2, 0.25) is 0 Å². The average molecular weight is 1230 g/mol. The molecule has 0 aromatic heterocycles. The number of rotatable bonds is 36. The number of nitrogen functional groups attached to an aromatic ring is 1. The van der Waals surface area contributed by atoms with Crippen LogP contribution in [0.3, 0.4) is 0 Å². The standard InChI is InChI=1S/C64H98N12O10S/c1-5-86(33-31-71-55(77)28-27-54(74-60(79)53(65)37-45-15-9-6-10-16-45)61(80)72-39-46-21-24-50(25-22-46)58(66)67)34-32-85-44(4)29-30-70-56(78)36-43(3)57(62(81)73-40-48-23-26-51(59(68)69)42(2)35-48)75-63(82)64(38-52(64)49-19-13-8-14-20-49)76-87(83,84)41-47-17-11-7-12-18-47/h7,11-12,17-18,21-26,35,42-45,49,51-54,57,76H,5-6,8-10,13-16,19-20,27-34,36-41,65H2,1-4H3,(H11-,66,67,68,69,70,71,72,73,74,75,77,78,79,80,81,82)/p+1/t42?,43-,44?,51?,52?,53-,54+,57?,64?/m1/s1. The molecule has 0 bridgehead atoms. The van der Waals surface area contributed by atoms with E-state index in [-0.39, 0.29) is 97.9 Å². The molecule has 3 saturated carbocycles. The molecule has 480 valence electrons. The summed E-state index contributed by atoms with van der Waals surface area (Å²) in [5.74, 6) is -3.74. The topological polar surface area (TPSA) is 358 Å². The second-order valence-corrected chi connectivity index (χ2v) is 26.3. The first kappa shape index (κ1) is 69.6. The lowest BCUT2D eigenvalue weighted by Gasteiger charge is -2.29. The van der Waals surface area contributed by atoms with Gasteiger partial charge in [-0.1, -0.05) is 151 Å². The molecule has 4 aliphatic carbocycles. The number of hydrogen-bond acceptors (Lipinski definition) is 12. The van der Waals surface area contributed by atoms with Crippen LogP contribution in [0.1, 0.15) is 147 Å². The summed E-state index contributed by atoms with van der Waals surface area (Å²) < 4.78 is 39.7. The van der Waals surface area contributed by atoms with Crippen LogP contribution in [0.15, 0.2) is 78.4 Å². The molecule has 0 radical (unpaired) electrons. The first-order valence-corrected chi connectivity index (χ1v) is 33.1. The maximum atomic E-state index is 14.7. The number of ether oxygens (including phenoxy) is 1. The molecule has 0 heterocycles. The maximum Gasteiger partial charge on any atom is 0.243 e. The minimum absolute atomic E-state index is 0.0206. The number of allylic oxidation sites excluding steroid dienone is 1. The summed E-state index contributed by atoms with van der Waals surface area (Å²) in [6.45, 7) is 10.3. The van der Waals surface area contributed by atoms with Crippen molar-refractivity contribution >= 4 is 57.1 Å². The molecule has 6 unspecified atom stereocenters. The summed E-state index contributed by atoms with van der Waals surface area (Å²) in [7, 11) is -4.01. The monoisotopic (exact) mass is 1230 g/mol. The summed E-state index contributed by atoms with van der Waals surface area (Å²) in [5.41, 5.74) is 19.0. The van der Waals surface area contributed by atoms with Crippen LogP contribution < -0.4 is 53.8 Å². The lowest BCUT2D eigenvalue weighted by Crippen LogP contribution is -2.58. The van der Waals surface area contributed by atoms with Crippen LogP contribution in [0, 0.1) is 46.3 Å². The van der Waals surface area contributed by atoms with Crippen LogP contribution in [-0.4, -0.2) is 131 Å². The number of sulfonamides is 1. The van der Waals surface area contributed by atoms with Gasteiger partial charge in [0.1, 0.15) is 36.7 Å². The molecule has 9 atom stereocenters. The Hall–Kier alpha value is -6.53. The van der Waals surface area contributed by atoms with Crippen molar-refractivity contribution in [3.8, 4) is 0 Å². The second kappa shape index (κ2) is 34.3. The van der Waals surface area contributed by atoms with Crippen molar-refractivity contribution < 1.29 is 46.3 Å². The lowest BCUT2D eigenvalue weighted by atomic mass is 9.84. The molecule has 87 heavy (non-hydrogen) atoms. The summed E-state index contributed by atoms with van der Waals surface area (Å²) in [6, 6.07) is 12.7. The van der Waals surface area contributed by atoms with Gasteiger partial charge in [0, 0.05) is 50.9 Å². The van der Waals surface area contributed by atoms with E-state index in [1.165, 1.54) is 6.42 Å². The van der Waals surface area contributed by atoms with Gasteiger partial charge in [0.2, 0.25) is 45.5 Å². The molecule has 23 heteroatoms. The highest BCUT2D eigenvalue weighted by molar-refractivity contribution is 7.88. The van der Waals surface area contributed by atoms with E-state index in [4.69, 9.17) is 32.8 Å². The van der Waals surface area contributed by atoms with Crippen molar-refractivity contribution in [3.05, 3.63) is 95.1 Å². The minimum atomic E-state index is -4.01. The van der Waals surface area contributed by atoms with Crippen molar-refractivity contribution in [1.82, 2.24) is 36.6 Å². The molecule has 2 aromatic carbocycles. The van der Waals surface area contributed by atoms with Crippen molar-refractivity contribution in [1.29, 1.82) is 10.8 Å². The fraction of sp³-hybridized carbons (Fsp3) is 0.625. The van der Waals surface area contributed by atoms with Gasteiger partial charge in [-0.3, -0.25) is 39.6 Å². The Morgan fingerprint density at radius 1 is 0.770 bits per heavy atom. The molecule has 0 spiro atoms. The van der Waals surface area contributed by atoms with Crippen molar-refractivity contribution in [2.24, 2.45) is 52.7 Å². The van der Waals surface area contributed by atoms with Crippen LogP contribution in [-0.2, 0) is 60.2 Å². The third kappa shape index (κ3) is 22.5. The molecule has 15 N–H and O–H groups in total. The second-order valence-electron chi connectivity index (χ2n) is 24.6. The first-order chi connectivity index (χ1) is 41.6. The Balaban J connectivity index is 0.963. The van der Waals surface area contributed by atoms with Gasteiger partial charge >= 0.3 is 0 Å². The van der Waals surface area contributed by atoms with Crippen LogP contribution in [0.4, 0.5) is 0 Å². The highest BCUT2D eigenvalue weighted by atomic mass is 32.2. The summed E-state index contributed by atoms with van der Waals surface area (Å²) in [5, 5.41) is 33.0. The number of hydrogen-bond donors (Lipinski definition) is 12. The highest BCUT2D eigenvalue weighted by Crippen LogP contribution is 2.53. The van der Waals surface area contributed by atoms with Gasteiger partial charge in [-0.05, 0) is 78.9 Å². The van der Waals surface area contributed by atoms with Gasteiger partial charge in [0.05, 0.1) is 30.3 Å². The van der Waals surface area contributed by atoms with E-state index in [2.05, 4.69) is 41.0 Å². The summed E-state index contributed by atoms with van der Waals surface area (Å²) >= 11 is 0. The number of carbonyl (C=O) groups excluding carboxylic acids is 6. The number of nitrogens with two attached hydrogens (primary N) is 3. The third-order valence-electron chi connectivity index (χ3n) is 17.7. The van der Waals surface area contributed by atoms with Crippen LogP contribution >= 0.6 is 0 Å². The minimum Gasteiger partial charge on any atom is -0.419 e. The van der Waals surface area contributed by atoms with Gasteiger partial charge in [-0.15, -0.1) is 0 Å². The van der Waals surface area contributed by atoms with E-state index in [1.807, 2.05) is 39.0 Å². The first-order valence-electron chi connectivity index (χ1n) is 31.5. The molecular weight excluding hydrogens is 1130 g/mol. The molecule has 0 saturated heterocycles.